The average Bonchev–Trinajstić information content (AvgIpc) is 3.28. The van der Waals surface area contributed by atoms with E-state index >= 15 is 0 Å². The summed E-state index contributed by atoms with van der Waals surface area (Å²) in [4.78, 5) is 24.3. The highest BCUT2D eigenvalue weighted by Gasteiger charge is 2.16. The predicted octanol–water partition coefficient (Wildman–Crippen LogP) is 18.1. The first kappa shape index (κ1) is 59.9. The van der Waals surface area contributed by atoms with E-state index in [0.717, 1.165) is 64.2 Å². The molecule has 5 heteroatoms. The normalized spacial score (nSPS) is 12.5. The minimum atomic E-state index is -0.766. The molecule has 1 atom stereocenters. The molecule has 0 fully saturated rings. The van der Waals surface area contributed by atoms with E-state index in [1.165, 1.54) is 193 Å². The number of ether oxygens (including phenoxy) is 2. The number of aliphatic hydroxyl groups is 1. The number of esters is 2. The van der Waals surface area contributed by atoms with Crippen LogP contribution in [0.15, 0.2) is 48.6 Å². The summed E-state index contributed by atoms with van der Waals surface area (Å²) < 4.78 is 10.7. The van der Waals surface area contributed by atoms with Crippen LogP contribution in [-0.2, 0) is 19.1 Å². The summed E-state index contributed by atoms with van der Waals surface area (Å²) in [7, 11) is 0. The zero-order valence-corrected chi connectivity index (χ0v) is 41.4. The van der Waals surface area contributed by atoms with Gasteiger partial charge in [0.15, 0.2) is 6.10 Å². The molecular formula is C57H104O5. The number of hydrogen-bond acceptors (Lipinski definition) is 5. The van der Waals surface area contributed by atoms with E-state index in [4.69, 9.17) is 9.47 Å². The van der Waals surface area contributed by atoms with Crippen molar-refractivity contribution in [2.45, 2.75) is 290 Å². The molecule has 0 saturated carbocycles. The molecule has 5 nitrogen and oxygen atoms in total. The van der Waals surface area contributed by atoms with Gasteiger partial charge in [-0.3, -0.25) is 9.59 Å². The van der Waals surface area contributed by atoms with Gasteiger partial charge in [-0.2, -0.15) is 0 Å². The lowest BCUT2D eigenvalue weighted by Gasteiger charge is -2.15. The summed E-state index contributed by atoms with van der Waals surface area (Å²) in [6.07, 6.45) is 69.6. The van der Waals surface area contributed by atoms with E-state index in [9.17, 15) is 14.7 Å². The van der Waals surface area contributed by atoms with Gasteiger partial charge in [-0.25, -0.2) is 0 Å². The van der Waals surface area contributed by atoms with Gasteiger partial charge < -0.3 is 14.6 Å². The number of hydrogen-bond donors (Lipinski definition) is 1. The Morgan fingerprint density at radius 2 is 0.694 bits per heavy atom. The number of unbranched alkanes of at least 4 members (excludes halogenated alkanes) is 34. The Labute approximate surface area is 386 Å². The SMILES string of the molecule is CC/C=C\C/C=C\C/C=C\C/C=C\CCCCCCCCCCCCCCCCCCCCCCCCCCC(=O)OC(CO)COC(=O)CCCCCCCCCCCCC. The van der Waals surface area contributed by atoms with Crippen LogP contribution in [-0.4, -0.2) is 36.4 Å². The molecule has 0 saturated heterocycles. The van der Waals surface area contributed by atoms with Crippen molar-refractivity contribution >= 4 is 11.9 Å². The van der Waals surface area contributed by atoms with Crippen molar-refractivity contribution in [3.8, 4) is 0 Å². The standard InChI is InChI=1S/C57H104O5/c1-3-5-7-9-11-13-15-16-17-18-19-20-21-22-23-24-25-26-27-28-29-30-31-32-33-34-35-36-37-38-39-40-42-44-46-48-50-52-57(60)62-55(53-58)54-61-56(59)51-49-47-45-43-41-14-12-10-8-6-4-2/h5,7,11,13,16-17,19-20,55,58H,3-4,6,8-10,12,14-15,18,21-54H2,1-2H3/b7-5-,13-11-,17-16-,20-19-. The smallest absolute Gasteiger partial charge is 0.306 e. The van der Waals surface area contributed by atoms with Crippen LogP contribution in [0.5, 0.6) is 0 Å². The number of rotatable bonds is 50. The van der Waals surface area contributed by atoms with Crippen molar-refractivity contribution in [3.63, 3.8) is 0 Å². The fraction of sp³-hybridized carbons (Fsp3) is 0.825. The highest BCUT2D eigenvalue weighted by molar-refractivity contribution is 5.70. The Morgan fingerprint density at radius 1 is 0.387 bits per heavy atom. The van der Waals surface area contributed by atoms with Crippen molar-refractivity contribution in [2.75, 3.05) is 13.2 Å². The van der Waals surface area contributed by atoms with Crippen molar-refractivity contribution in [2.24, 2.45) is 0 Å². The van der Waals surface area contributed by atoms with Gasteiger partial charge >= 0.3 is 11.9 Å². The van der Waals surface area contributed by atoms with Crippen molar-refractivity contribution in [1.29, 1.82) is 0 Å². The fourth-order valence-electron chi connectivity index (χ4n) is 8.08. The van der Waals surface area contributed by atoms with Gasteiger partial charge in [0.25, 0.3) is 0 Å². The molecule has 62 heavy (non-hydrogen) atoms. The molecule has 0 aromatic rings. The van der Waals surface area contributed by atoms with E-state index < -0.39 is 6.10 Å². The maximum absolute atomic E-state index is 12.2. The maximum atomic E-state index is 12.2. The van der Waals surface area contributed by atoms with E-state index in [2.05, 4.69) is 62.5 Å². The third-order valence-corrected chi connectivity index (χ3v) is 12.1. The molecule has 0 aromatic heterocycles. The Hall–Kier alpha value is -2.14. The second-order valence-electron chi connectivity index (χ2n) is 18.3. The first-order chi connectivity index (χ1) is 30.6. The molecule has 0 aliphatic carbocycles. The quantitative estimate of drug-likeness (QED) is 0.0375. The molecule has 0 rings (SSSR count). The molecular weight excluding hydrogens is 765 g/mol. The van der Waals surface area contributed by atoms with Gasteiger partial charge in [-0.05, 0) is 51.4 Å². The molecule has 1 N–H and O–H groups in total. The minimum absolute atomic E-state index is 0.0599. The molecule has 0 aromatic carbocycles. The Kier molecular flexibility index (Phi) is 51.4. The molecule has 0 aliphatic heterocycles. The second-order valence-corrected chi connectivity index (χ2v) is 18.3. The number of allylic oxidation sites excluding steroid dienone is 8. The lowest BCUT2D eigenvalue weighted by molar-refractivity contribution is -0.161. The summed E-state index contributed by atoms with van der Waals surface area (Å²) in [6.45, 7) is 4.04. The van der Waals surface area contributed by atoms with Crippen LogP contribution in [0.1, 0.15) is 284 Å². The molecule has 0 amide bonds. The molecule has 0 heterocycles. The van der Waals surface area contributed by atoms with Crippen molar-refractivity contribution in [3.05, 3.63) is 48.6 Å². The Bertz CT molecular complexity index is 1030. The highest BCUT2D eigenvalue weighted by Crippen LogP contribution is 2.17. The van der Waals surface area contributed by atoms with Gasteiger partial charge in [0, 0.05) is 12.8 Å². The van der Waals surface area contributed by atoms with Crippen molar-refractivity contribution < 1.29 is 24.2 Å². The van der Waals surface area contributed by atoms with Gasteiger partial charge in [0.1, 0.15) is 6.61 Å². The van der Waals surface area contributed by atoms with Gasteiger partial charge in [-0.1, -0.05) is 268 Å². The topological polar surface area (TPSA) is 72.8 Å². The lowest BCUT2D eigenvalue weighted by atomic mass is 10.0. The van der Waals surface area contributed by atoms with E-state index in [1.807, 2.05) is 0 Å². The molecule has 0 bridgehead atoms. The summed E-state index contributed by atoms with van der Waals surface area (Å²) >= 11 is 0. The zero-order valence-electron chi connectivity index (χ0n) is 41.4. The largest absolute Gasteiger partial charge is 0.462 e. The third-order valence-electron chi connectivity index (χ3n) is 12.1. The van der Waals surface area contributed by atoms with Gasteiger partial charge in [0.2, 0.25) is 0 Å². The Morgan fingerprint density at radius 3 is 1.05 bits per heavy atom. The van der Waals surface area contributed by atoms with Gasteiger partial charge in [0.05, 0.1) is 6.61 Å². The number of carbonyl (C=O) groups is 2. The first-order valence-electron chi connectivity index (χ1n) is 27.2. The van der Waals surface area contributed by atoms with Crippen LogP contribution >= 0.6 is 0 Å². The third kappa shape index (κ3) is 50.5. The zero-order chi connectivity index (χ0) is 44.9. The first-order valence-corrected chi connectivity index (χ1v) is 27.2. The lowest BCUT2D eigenvalue weighted by Crippen LogP contribution is -2.28. The summed E-state index contributed by atoms with van der Waals surface area (Å²) in [5, 5.41) is 9.60. The van der Waals surface area contributed by atoms with Crippen LogP contribution in [0.3, 0.4) is 0 Å². The summed E-state index contributed by atoms with van der Waals surface area (Å²) in [5.41, 5.74) is 0. The number of carbonyl (C=O) groups excluding carboxylic acids is 2. The second kappa shape index (κ2) is 53.2. The minimum Gasteiger partial charge on any atom is -0.462 e. The van der Waals surface area contributed by atoms with Crippen LogP contribution in [0.4, 0.5) is 0 Å². The van der Waals surface area contributed by atoms with E-state index in [1.54, 1.807) is 0 Å². The molecule has 1 unspecified atom stereocenters. The monoisotopic (exact) mass is 869 g/mol. The summed E-state index contributed by atoms with van der Waals surface area (Å²) in [5.74, 6) is -0.577. The maximum Gasteiger partial charge on any atom is 0.306 e. The fourth-order valence-corrected chi connectivity index (χ4v) is 8.08. The van der Waals surface area contributed by atoms with Crippen LogP contribution in [0.25, 0.3) is 0 Å². The average molecular weight is 869 g/mol. The van der Waals surface area contributed by atoms with Crippen LogP contribution in [0.2, 0.25) is 0 Å². The summed E-state index contributed by atoms with van der Waals surface area (Å²) in [6, 6.07) is 0. The van der Waals surface area contributed by atoms with E-state index in [0.29, 0.717) is 12.8 Å². The van der Waals surface area contributed by atoms with E-state index in [-0.39, 0.29) is 25.2 Å². The van der Waals surface area contributed by atoms with Crippen LogP contribution < -0.4 is 0 Å². The molecule has 0 aliphatic rings. The number of aliphatic hydroxyl groups excluding tert-OH is 1. The van der Waals surface area contributed by atoms with Gasteiger partial charge in [-0.15, -0.1) is 0 Å². The molecule has 0 radical (unpaired) electrons. The molecule has 0 spiro atoms. The van der Waals surface area contributed by atoms with Crippen molar-refractivity contribution in [1.82, 2.24) is 0 Å². The Balaban J connectivity index is 3.37. The predicted molar refractivity (Wildman–Crippen MR) is 270 cm³/mol. The highest BCUT2D eigenvalue weighted by atomic mass is 16.6. The van der Waals surface area contributed by atoms with Crippen LogP contribution in [0, 0.1) is 0 Å². The molecule has 362 valence electrons.